The number of nitrogens with one attached hydrogen (secondary N) is 1. The summed E-state index contributed by atoms with van der Waals surface area (Å²) in [5, 5.41) is 3.42. The number of benzene rings is 1. The van der Waals surface area contributed by atoms with Gasteiger partial charge in [-0.15, -0.1) is 0 Å². The van der Waals surface area contributed by atoms with Gasteiger partial charge in [0.15, 0.2) is 0 Å². The van der Waals surface area contributed by atoms with E-state index in [0.717, 1.165) is 25.3 Å². The van der Waals surface area contributed by atoms with Gasteiger partial charge in [0.2, 0.25) is 0 Å². The summed E-state index contributed by atoms with van der Waals surface area (Å²) in [6.07, 6.45) is 4.99. The Bertz CT molecular complexity index is 366. The molecule has 0 aliphatic heterocycles. The zero-order valence-corrected chi connectivity index (χ0v) is 13.9. The third-order valence-corrected chi connectivity index (χ3v) is 3.30. The minimum absolute atomic E-state index is 0.476. The summed E-state index contributed by atoms with van der Waals surface area (Å²) < 4.78 is 11.4. The highest BCUT2D eigenvalue weighted by Gasteiger charge is 2.03. The molecule has 0 unspecified atom stereocenters. The molecule has 0 aliphatic rings. The number of para-hydroxylation sites is 1. The Morgan fingerprint density at radius 2 is 1.81 bits per heavy atom. The maximum Gasteiger partial charge on any atom is 0.123 e. The second-order valence-electron chi connectivity index (χ2n) is 5.66. The first kappa shape index (κ1) is 18.0. The molecule has 0 spiro atoms. The van der Waals surface area contributed by atoms with Gasteiger partial charge in [-0.2, -0.15) is 0 Å². The molecule has 0 bridgehead atoms. The molecule has 1 aromatic rings. The van der Waals surface area contributed by atoms with Crippen molar-refractivity contribution >= 4 is 0 Å². The van der Waals surface area contributed by atoms with Crippen LogP contribution in [-0.4, -0.2) is 25.9 Å². The van der Waals surface area contributed by atoms with Crippen molar-refractivity contribution in [2.75, 3.05) is 19.8 Å². The highest BCUT2D eigenvalue weighted by Crippen LogP contribution is 2.17. The number of hydrogen-bond acceptors (Lipinski definition) is 3. The second-order valence-corrected chi connectivity index (χ2v) is 5.66. The average molecular weight is 293 g/mol. The van der Waals surface area contributed by atoms with Crippen LogP contribution in [0.5, 0.6) is 5.75 Å². The molecular weight excluding hydrogens is 262 g/mol. The van der Waals surface area contributed by atoms with Crippen LogP contribution in [0.15, 0.2) is 24.3 Å². The number of ether oxygens (including phenoxy) is 2. The lowest BCUT2D eigenvalue weighted by Gasteiger charge is -2.13. The second kappa shape index (κ2) is 11.6. The molecule has 3 nitrogen and oxygen atoms in total. The molecule has 0 heterocycles. The van der Waals surface area contributed by atoms with Gasteiger partial charge in [0.05, 0.1) is 6.61 Å². The van der Waals surface area contributed by atoms with Crippen molar-refractivity contribution in [2.24, 2.45) is 0 Å². The van der Waals surface area contributed by atoms with Crippen LogP contribution in [0.3, 0.4) is 0 Å². The normalized spacial score (nSPS) is 11.0. The van der Waals surface area contributed by atoms with Crippen molar-refractivity contribution in [1.29, 1.82) is 0 Å². The van der Waals surface area contributed by atoms with Gasteiger partial charge >= 0.3 is 0 Å². The molecule has 1 rings (SSSR count). The van der Waals surface area contributed by atoms with E-state index in [9.17, 15) is 0 Å². The van der Waals surface area contributed by atoms with E-state index in [1.807, 2.05) is 12.1 Å². The third-order valence-electron chi connectivity index (χ3n) is 3.30. The van der Waals surface area contributed by atoms with E-state index in [-0.39, 0.29) is 0 Å². The van der Waals surface area contributed by atoms with E-state index < -0.39 is 0 Å². The summed E-state index contributed by atoms with van der Waals surface area (Å²) in [6, 6.07) is 8.67. The quantitative estimate of drug-likeness (QED) is 0.587. The molecule has 0 radical (unpaired) electrons. The summed E-state index contributed by atoms with van der Waals surface area (Å²) in [4.78, 5) is 0. The first-order valence-electron chi connectivity index (χ1n) is 8.26. The Balaban J connectivity index is 2.19. The van der Waals surface area contributed by atoms with Gasteiger partial charge in [-0.1, -0.05) is 58.2 Å². The monoisotopic (exact) mass is 293 g/mol. The molecule has 0 saturated carbocycles. The summed E-state index contributed by atoms with van der Waals surface area (Å²) in [5.41, 5.74) is 1.20. The van der Waals surface area contributed by atoms with Crippen LogP contribution in [0.4, 0.5) is 0 Å². The summed E-state index contributed by atoms with van der Waals surface area (Å²) in [6.45, 7) is 9.49. The summed E-state index contributed by atoms with van der Waals surface area (Å²) >= 11 is 0. The SMILES string of the molecule is CCCCCCOCCOc1ccccc1CNC(C)C. The lowest BCUT2D eigenvalue weighted by atomic mass is 10.2. The number of hydrogen-bond donors (Lipinski definition) is 1. The van der Waals surface area contributed by atoms with Crippen LogP contribution < -0.4 is 10.1 Å². The molecule has 0 atom stereocenters. The van der Waals surface area contributed by atoms with E-state index in [0.29, 0.717) is 19.3 Å². The van der Waals surface area contributed by atoms with Gasteiger partial charge < -0.3 is 14.8 Å². The third kappa shape index (κ3) is 8.74. The Kier molecular flexibility index (Phi) is 9.92. The Morgan fingerprint density at radius 3 is 2.57 bits per heavy atom. The Hall–Kier alpha value is -1.06. The summed E-state index contributed by atoms with van der Waals surface area (Å²) in [5.74, 6) is 0.959. The van der Waals surface area contributed by atoms with Crippen LogP contribution in [0, 0.1) is 0 Å². The van der Waals surface area contributed by atoms with E-state index in [1.165, 1.54) is 24.8 Å². The number of unbranched alkanes of at least 4 members (excludes halogenated alkanes) is 3. The fourth-order valence-electron chi connectivity index (χ4n) is 2.05. The Morgan fingerprint density at radius 1 is 1.00 bits per heavy atom. The molecule has 1 N–H and O–H groups in total. The highest BCUT2D eigenvalue weighted by molar-refractivity contribution is 5.33. The maximum atomic E-state index is 5.83. The first-order chi connectivity index (χ1) is 10.2. The lowest BCUT2D eigenvalue weighted by molar-refractivity contribution is 0.0968. The van der Waals surface area contributed by atoms with Crippen molar-refractivity contribution < 1.29 is 9.47 Å². The molecule has 21 heavy (non-hydrogen) atoms. The Labute approximate surface area is 130 Å². The summed E-state index contributed by atoms with van der Waals surface area (Å²) in [7, 11) is 0. The maximum absolute atomic E-state index is 5.83. The smallest absolute Gasteiger partial charge is 0.123 e. The molecule has 0 fully saturated rings. The molecule has 1 aromatic carbocycles. The zero-order chi connectivity index (χ0) is 15.3. The van der Waals surface area contributed by atoms with E-state index >= 15 is 0 Å². The molecule has 3 heteroatoms. The van der Waals surface area contributed by atoms with Crippen LogP contribution in [0.2, 0.25) is 0 Å². The van der Waals surface area contributed by atoms with E-state index in [1.54, 1.807) is 0 Å². The largest absolute Gasteiger partial charge is 0.491 e. The minimum Gasteiger partial charge on any atom is -0.491 e. The van der Waals surface area contributed by atoms with Gasteiger partial charge in [0.1, 0.15) is 12.4 Å². The zero-order valence-electron chi connectivity index (χ0n) is 13.9. The van der Waals surface area contributed by atoms with Crippen molar-refractivity contribution in [2.45, 2.75) is 59.0 Å². The van der Waals surface area contributed by atoms with Crippen molar-refractivity contribution in [3.63, 3.8) is 0 Å². The van der Waals surface area contributed by atoms with Crippen LogP contribution in [-0.2, 0) is 11.3 Å². The standard InChI is InChI=1S/C18H31NO2/c1-4-5-6-9-12-20-13-14-21-18-11-8-7-10-17(18)15-19-16(2)3/h7-8,10-11,16,19H,4-6,9,12-15H2,1-3H3. The first-order valence-corrected chi connectivity index (χ1v) is 8.26. The van der Waals surface area contributed by atoms with Gasteiger partial charge in [-0.3, -0.25) is 0 Å². The van der Waals surface area contributed by atoms with Crippen LogP contribution in [0.25, 0.3) is 0 Å². The van der Waals surface area contributed by atoms with Crippen LogP contribution >= 0.6 is 0 Å². The minimum atomic E-state index is 0.476. The number of rotatable bonds is 12. The molecular formula is C18H31NO2. The topological polar surface area (TPSA) is 30.5 Å². The highest BCUT2D eigenvalue weighted by atomic mass is 16.5. The van der Waals surface area contributed by atoms with E-state index in [2.05, 4.69) is 38.2 Å². The van der Waals surface area contributed by atoms with Crippen LogP contribution in [0.1, 0.15) is 52.0 Å². The van der Waals surface area contributed by atoms with Gasteiger partial charge in [-0.05, 0) is 12.5 Å². The fourth-order valence-corrected chi connectivity index (χ4v) is 2.05. The van der Waals surface area contributed by atoms with Gasteiger partial charge in [0.25, 0.3) is 0 Å². The van der Waals surface area contributed by atoms with Crippen molar-refractivity contribution in [3.05, 3.63) is 29.8 Å². The molecule has 0 aromatic heterocycles. The lowest BCUT2D eigenvalue weighted by Crippen LogP contribution is -2.22. The van der Waals surface area contributed by atoms with Gasteiger partial charge in [-0.25, -0.2) is 0 Å². The van der Waals surface area contributed by atoms with E-state index in [4.69, 9.17) is 9.47 Å². The average Bonchev–Trinajstić information content (AvgIpc) is 2.48. The van der Waals surface area contributed by atoms with Gasteiger partial charge in [0, 0.05) is 24.8 Å². The molecule has 0 aliphatic carbocycles. The fraction of sp³-hybridized carbons (Fsp3) is 0.667. The predicted molar refractivity (Wildman–Crippen MR) is 88.9 cm³/mol. The molecule has 0 saturated heterocycles. The predicted octanol–water partition coefficient (Wildman–Crippen LogP) is 4.16. The van der Waals surface area contributed by atoms with Crippen molar-refractivity contribution in [3.8, 4) is 5.75 Å². The van der Waals surface area contributed by atoms with Crippen molar-refractivity contribution in [1.82, 2.24) is 5.32 Å². The molecule has 0 amide bonds. The molecule has 120 valence electrons.